The highest BCUT2D eigenvalue weighted by molar-refractivity contribution is 7.59. The largest absolute Gasteiger partial charge is 0.468 e. The predicted octanol–water partition coefficient (Wildman–Crippen LogP) is 3.37. The van der Waals surface area contributed by atoms with Gasteiger partial charge in [0.15, 0.2) is 5.78 Å². The van der Waals surface area contributed by atoms with Crippen LogP contribution in [0, 0.1) is 5.92 Å². The molecule has 1 aliphatic carbocycles. The van der Waals surface area contributed by atoms with E-state index in [2.05, 4.69) is 0 Å². The Morgan fingerprint density at radius 2 is 1.31 bits per heavy atom. The molecule has 0 saturated carbocycles. The fourth-order valence-corrected chi connectivity index (χ4v) is 6.06. The van der Waals surface area contributed by atoms with Crippen LogP contribution < -0.4 is 0 Å². The first-order chi connectivity index (χ1) is 15.3. The van der Waals surface area contributed by atoms with Gasteiger partial charge in [0.05, 0.1) is 14.2 Å². The minimum Gasteiger partial charge on any atom is -0.468 e. The summed E-state index contributed by atoms with van der Waals surface area (Å²) in [6.45, 7) is 0. The predicted molar refractivity (Wildman–Crippen MR) is 117 cm³/mol. The van der Waals surface area contributed by atoms with Gasteiger partial charge in [-0.2, -0.15) is 0 Å². The Bertz CT molecular complexity index is 1100. The van der Waals surface area contributed by atoms with E-state index >= 15 is 0 Å². The quantitative estimate of drug-likeness (QED) is 0.353. The number of carbonyl (C=O) groups excluding carboxylic acids is 3. The molecule has 168 valence electrons. The van der Waals surface area contributed by atoms with Crippen LogP contribution in [-0.4, -0.2) is 51.3 Å². The van der Waals surface area contributed by atoms with E-state index in [1.165, 1.54) is 0 Å². The standard InChI is InChI=1S/C23H23O8P/c1-28-21(25)18-17(15-11-7-5-8-12-15)19(16-13-9-6-10-14-16)23(20(18)24,22(26)29-2)32(27,30-3)31-4/h5-14,18H,1-4H3. The molecule has 0 saturated heterocycles. The lowest BCUT2D eigenvalue weighted by molar-refractivity contribution is -0.150. The fraction of sp³-hybridized carbons (Fsp3) is 0.261. The number of hydrogen-bond donors (Lipinski definition) is 0. The summed E-state index contributed by atoms with van der Waals surface area (Å²) in [6.07, 6.45) is 0. The molecule has 0 aliphatic heterocycles. The van der Waals surface area contributed by atoms with E-state index in [9.17, 15) is 18.9 Å². The van der Waals surface area contributed by atoms with Crippen LogP contribution in [0.3, 0.4) is 0 Å². The lowest BCUT2D eigenvalue weighted by Crippen LogP contribution is -2.48. The number of rotatable bonds is 7. The number of hydrogen-bond acceptors (Lipinski definition) is 8. The van der Waals surface area contributed by atoms with Crippen molar-refractivity contribution in [3.8, 4) is 0 Å². The second kappa shape index (κ2) is 9.20. The van der Waals surface area contributed by atoms with E-state index in [1.807, 2.05) is 0 Å². The minimum atomic E-state index is -4.55. The molecule has 0 spiro atoms. The van der Waals surface area contributed by atoms with Gasteiger partial charge in [-0.15, -0.1) is 0 Å². The van der Waals surface area contributed by atoms with Crippen LogP contribution in [-0.2, 0) is 37.5 Å². The number of ketones is 1. The Morgan fingerprint density at radius 1 is 0.812 bits per heavy atom. The highest BCUT2D eigenvalue weighted by Crippen LogP contribution is 2.69. The lowest BCUT2D eigenvalue weighted by Gasteiger charge is -2.33. The van der Waals surface area contributed by atoms with Crippen LogP contribution in [0.2, 0.25) is 0 Å². The van der Waals surface area contributed by atoms with E-state index in [0.29, 0.717) is 11.1 Å². The van der Waals surface area contributed by atoms with E-state index in [0.717, 1.165) is 28.4 Å². The molecule has 2 aromatic rings. The SMILES string of the molecule is COC(=O)C1C(=O)C(C(=O)OC)(P(=O)(OC)OC)C(c2ccccc2)=C1c1ccccc1. The fourth-order valence-electron chi connectivity index (χ4n) is 4.13. The van der Waals surface area contributed by atoms with E-state index in [1.54, 1.807) is 60.7 Å². The maximum absolute atomic E-state index is 14.0. The van der Waals surface area contributed by atoms with E-state index < -0.39 is 36.4 Å². The summed E-state index contributed by atoms with van der Waals surface area (Å²) in [5.41, 5.74) is 1.04. The van der Waals surface area contributed by atoms with Gasteiger partial charge in [-0.3, -0.25) is 14.2 Å². The Labute approximate surface area is 185 Å². The molecule has 8 nitrogen and oxygen atoms in total. The number of methoxy groups -OCH3 is 2. The molecule has 0 fully saturated rings. The van der Waals surface area contributed by atoms with Gasteiger partial charge >= 0.3 is 19.5 Å². The smallest absolute Gasteiger partial charge is 0.359 e. The van der Waals surface area contributed by atoms with Crippen LogP contribution in [0.25, 0.3) is 11.1 Å². The third-order valence-corrected chi connectivity index (χ3v) is 7.90. The first-order valence-electron chi connectivity index (χ1n) is 9.61. The van der Waals surface area contributed by atoms with Gasteiger partial charge in [0.25, 0.3) is 5.16 Å². The third kappa shape index (κ3) is 3.32. The molecule has 1 aliphatic rings. The summed E-state index contributed by atoms with van der Waals surface area (Å²) < 4.78 is 34.2. The number of carbonyl (C=O) groups is 3. The molecule has 0 bridgehead atoms. The van der Waals surface area contributed by atoms with Crippen LogP contribution in [0.15, 0.2) is 60.7 Å². The van der Waals surface area contributed by atoms with Crippen molar-refractivity contribution < 1.29 is 37.5 Å². The Morgan fingerprint density at radius 3 is 1.75 bits per heavy atom. The summed E-state index contributed by atoms with van der Waals surface area (Å²) >= 11 is 0. The summed E-state index contributed by atoms with van der Waals surface area (Å²) in [4.78, 5) is 40.2. The van der Waals surface area contributed by atoms with Crippen molar-refractivity contribution in [3.63, 3.8) is 0 Å². The lowest BCUT2D eigenvalue weighted by atomic mass is 9.90. The zero-order valence-corrected chi connectivity index (χ0v) is 19.0. The molecule has 9 heteroatoms. The molecule has 0 radical (unpaired) electrons. The molecular formula is C23H23O8P. The zero-order chi connectivity index (χ0) is 23.5. The topological polar surface area (TPSA) is 105 Å². The van der Waals surface area contributed by atoms with Gasteiger partial charge in [-0.05, 0) is 16.7 Å². The van der Waals surface area contributed by atoms with Gasteiger partial charge < -0.3 is 18.5 Å². The second-order valence-corrected chi connectivity index (χ2v) is 9.30. The Kier molecular flexibility index (Phi) is 6.79. The van der Waals surface area contributed by atoms with Crippen molar-refractivity contribution >= 4 is 36.5 Å². The molecule has 2 unspecified atom stereocenters. The highest BCUT2D eigenvalue weighted by Gasteiger charge is 2.72. The zero-order valence-electron chi connectivity index (χ0n) is 18.1. The van der Waals surface area contributed by atoms with Gasteiger partial charge in [0.1, 0.15) is 5.92 Å². The van der Waals surface area contributed by atoms with Gasteiger partial charge in [0.2, 0.25) is 0 Å². The monoisotopic (exact) mass is 458 g/mol. The van der Waals surface area contributed by atoms with Crippen molar-refractivity contribution in [2.24, 2.45) is 5.92 Å². The Balaban J connectivity index is 2.60. The number of esters is 2. The van der Waals surface area contributed by atoms with Gasteiger partial charge in [-0.25, -0.2) is 4.79 Å². The first kappa shape index (κ1) is 23.6. The van der Waals surface area contributed by atoms with Crippen LogP contribution in [0.1, 0.15) is 11.1 Å². The van der Waals surface area contributed by atoms with Crippen molar-refractivity contribution in [1.29, 1.82) is 0 Å². The van der Waals surface area contributed by atoms with Crippen molar-refractivity contribution in [1.82, 2.24) is 0 Å². The maximum atomic E-state index is 14.0. The van der Waals surface area contributed by atoms with Crippen LogP contribution >= 0.6 is 7.60 Å². The molecule has 0 N–H and O–H groups in total. The maximum Gasteiger partial charge on any atom is 0.359 e. The highest BCUT2D eigenvalue weighted by atomic mass is 31.2. The molecule has 0 heterocycles. The first-order valence-corrected chi connectivity index (χ1v) is 11.2. The second-order valence-electron chi connectivity index (χ2n) is 6.91. The molecule has 2 atom stereocenters. The number of benzene rings is 2. The van der Waals surface area contributed by atoms with Crippen LogP contribution in [0.5, 0.6) is 0 Å². The molecule has 3 rings (SSSR count). The summed E-state index contributed by atoms with van der Waals surface area (Å²) in [5.74, 6) is -4.63. The molecule has 0 amide bonds. The number of Topliss-reactive ketones (excluding diaryl/α,β-unsaturated/α-hetero) is 1. The molecular weight excluding hydrogens is 435 g/mol. The average Bonchev–Trinajstić information content (AvgIpc) is 3.13. The normalized spacial score (nSPS) is 20.9. The van der Waals surface area contributed by atoms with E-state index in [-0.39, 0.29) is 11.1 Å². The van der Waals surface area contributed by atoms with Crippen molar-refractivity contribution in [3.05, 3.63) is 71.8 Å². The third-order valence-electron chi connectivity index (χ3n) is 5.50. The summed E-state index contributed by atoms with van der Waals surface area (Å²) in [6, 6.07) is 16.9. The minimum absolute atomic E-state index is 0.0172. The molecule has 2 aromatic carbocycles. The van der Waals surface area contributed by atoms with Gasteiger partial charge in [0, 0.05) is 19.8 Å². The number of ether oxygens (including phenoxy) is 2. The molecule has 0 aromatic heterocycles. The van der Waals surface area contributed by atoms with E-state index in [4.69, 9.17) is 18.5 Å². The van der Waals surface area contributed by atoms with Crippen molar-refractivity contribution in [2.75, 3.05) is 28.4 Å². The average molecular weight is 458 g/mol. The molecule has 32 heavy (non-hydrogen) atoms. The summed E-state index contributed by atoms with van der Waals surface area (Å²) in [7, 11) is -0.221. The Hall–Kier alpha value is -3.06. The van der Waals surface area contributed by atoms with Crippen molar-refractivity contribution in [2.45, 2.75) is 5.16 Å². The van der Waals surface area contributed by atoms with Crippen LogP contribution in [0.4, 0.5) is 0 Å². The summed E-state index contributed by atoms with van der Waals surface area (Å²) in [5, 5.41) is -2.55. The van der Waals surface area contributed by atoms with Gasteiger partial charge in [-0.1, -0.05) is 60.7 Å².